The molecule has 0 bridgehead atoms. The number of methoxy groups -OCH3 is 2. The van der Waals surface area contributed by atoms with Crippen LogP contribution in [0.1, 0.15) is 98.7 Å². The van der Waals surface area contributed by atoms with Gasteiger partial charge in [0.1, 0.15) is 5.78 Å². The highest BCUT2D eigenvalue weighted by Gasteiger charge is 2.43. The molecule has 11 atom stereocenters. The Hall–Kier alpha value is -3.35. The van der Waals surface area contributed by atoms with Gasteiger partial charge in [0.2, 0.25) is 11.8 Å². The van der Waals surface area contributed by atoms with Gasteiger partial charge in [0.25, 0.3) is 0 Å². The second kappa shape index (κ2) is 22.3. The number of aliphatic hydroxyl groups excluding tert-OH is 1. The van der Waals surface area contributed by atoms with E-state index >= 15 is 0 Å². The number of carbonyl (C=O) groups is 4. The predicted molar refractivity (Wildman–Crippen MR) is 210 cm³/mol. The van der Waals surface area contributed by atoms with Crippen LogP contribution in [-0.4, -0.2) is 121 Å². The van der Waals surface area contributed by atoms with Gasteiger partial charge in [-0.05, 0) is 55.8 Å². The van der Waals surface area contributed by atoms with E-state index in [1.807, 2.05) is 90.9 Å². The van der Waals surface area contributed by atoms with E-state index in [1.165, 1.54) is 7.11 Å². The van der Waals surface area contributed by atoms with Crippen LogP contribution in [0.15, 0.2) is 35.4 Å². The maximum atomic E-state index is 14.4. The molecule has 2 rings (SSSR count). The molecule has 1 saturated heterocycles. The number of ether oxygens (including phenoxy) is 2. The van der Waals surface area contributed by atoms with E-state index in [1.54, 1.807) is 30.9 Å². The van der Waals surface area contributed by atoms with Crippen molar-refractivity contribution in [3.63, 3.8) is 0 Å². The minimum absolute atomic E-state index is 0.00968. The first-order valence-electron chi connectivity index (χ1n) is 19.6. The Morgan fingerprint density at radius 1 is 0.944 bits per heavy atom. The Balaban J connectivity index is 2.31. The number of aliphatic hydroxyl groups is 1. The number of Topliss-reactive ketones (excluding diaryl/α,β-unsaturated/α-hetero) is 2. The Kier molecular flexibility index (Phi) is 19.3. The van der Waals surface area contributed by atoms with E-state index in [2.05, 4.69) is 10.0 Å². The van der Waals surface area contributed by atoms with Gasteiger partial charge in [-0.2, -0.15) is 0 Å². The second-order valence-corrected chi connectivity index (χ2v) is 16.0. The standard InChI is InChI=1S/C41H68N6O7/c1-13-26(4)38(46(10)41(52)31(29(7)43-44-42)23-34(49)37(25(2)3)45(8)9)35(53-11)24-36(50)47-21-17-20-32(47)40(54-12)28(6)33(48)22-27(5)39(51)30-18-15-14-16-19-30/h14-16,18-19,25-29,31-32,35,37-40,51H,13,17,20-24H2,1-12H3/t26-,27-,28-,29-,31-,32-,35+,37-,38-,39+,40+/m0/s1. The van der Waals surface area contributed by atoms with Crippen LogP contribution in [0.5, 0.6) is 0 Å². The first-order chi connectivity index (χ1) is 25.5. The fourth-order valence-electron chi connectivity index (χ4n) is 8.42. The summed E-state index contributed by atoms with van der Waals surface area (Å²) in [4.78, 5) is 63.9. The van der Waals surface area contributed by atoms with Crippen LogP contribution in [0.3, 0.4) is 0 Å². The molecule has 1 aromatic carbocycles. The molecule has 0 saturated carbocycles. The Labute approximate surface area is 323 Å². The van der Waals surface area contributed by atoms with Crippen LogP contribution in [0.25, 0.3) is 10.4 Å². The molecule has 0 aromatic heterocycles. The lowest BCUT2D eigenvalue weighted by Gasteiger charge is -2.41. The Morgan fingerprint density at radius 3 is 2.09 bits per heavy atom. The molecule has 1 N–H and O–H groups in total. The van der Waals surface area contributed by atoms with E-state index in [0.29, 0.717) is 19.4 Å². The molecule has 1 heterocycles. The zero-order chi connectivity index (χ0) is 40.9. The average Bonchev–Trinajstić information content (AvgIpc) is 3.62. The van der Waals surface area contributed by atoms with Gasteiger partial charge in [-0.25, -0.2) is 0 Å². The van der Waals surface area contributed by atoms with Crippen LogP contribution in [0.4, 0.5) is 0 Å². The number of hydrogen-bond donors (Lipinski definition) is 1. The number of likely N-dealkylation sites (tertiary alicyclic amines) is 1. The van der Waals surface area contributed by atoms with E-state index < -0.39 is 48.3 Å². The summed E-state index contributed by atoms with van der Waals surface area (Å²) in [5, 5.41) is 14.7. The van der Waals surface area contributed by atoms with Crippen LogP contribution >= 0.6 is 0 Å². The molecule has 1 aliphatic heterocycles. The van der Waals surface area contributed by atoms with Gasteiger partial charge in [0, 0.05) is 57.5 Å². The molecule has 1 aromatic rings. The SMILES string of the molecule is CC[C@H](C)[C@@H]([C@@H](CC(=O)N1CCC[C@H]1[C@H](OC)[C@@H](C)C(=O)C[C@H](C)[C@@H](O)c1ccccc1)OC)N(C)C(=O)[C@@H](CC(=O)[C@H](C(C)C)N(C)C)[C@H](C)N=[N+]=[N-]. The monoisotopic (exact) mass is 757 g/mol. The quantitative estimate of drug-likeness (QED) is 0.0796. The Morgan fingerprint density at radius 2 is 1.57 bits per heavy atom. The molecule has 2 amide bonds. The van der Waals surface area contributed by atoms with E-state index in [4.69, 9.17) is 9.47 Å². The van der Waals surface area contributed by atoms with Gasteiger partial charge in [-0.3, -0.25) is 24.1 Å². The lowest BCUT2D eigenvalue weighted by atomic mass is 9.85. The van der Waals surface area contributed by atoms with Crippen molar-refractivity contribution in [3.8, 4) is 0 Å². The number of azide groups is 1. The Bertz CT molecular complexity index is 1400. The van der Waals surface area contributed by atoms with Crippen molar-refractivity contribution in [2.75, 3.05) is 41.9 Å². The molecule has 54 heavy (non-hydrogen) atoms. The number of carbonyl (C=O) groups excluding carboxylic acids is 4. The van der Waals surface area contributed by atoms with Gasteiger partial charge in [0.15, 0.2) is 5.78 Å². The van der Waals surface area contributed by atoms with Crippen molar-refractivity contribution < 1.29 is 33.8 Å². The highest BCUT2D eigenvalue weighted by Crippen LogP contribution is 2.32. The number of ketones is 2. The van der Waals surface area contributed by atoms with Crippen molar-refractivity contribution in [2.45, 2.75) is 129 Å². The molecular weight excluding hydrogens is 688 g/mol. The molecule has 13 nitrogen and oxygen atoms in total. The lowest BCUT2D eigenvalue weighted by Crippen LogP contribution is -2.54. The van der Waals surface area contributed by atoms with Crippen molar-refractivity contribution in [2.24, 2.45) is 34.7 Å². The van der Waals surface area contributed by atoms with Crippen LogP contribution in [0, 0.1) is 29.6 Å². The molecule has 1 aliphatic rings. The minimum atomic E-state index is -0.902. The summed E-state index contributed by atoms with van der Waals surface area (Å²) in [7, 11) is 8.43. The second-order valence-electron chi connectivity index (χ2n) is 16.0. The lowest BCUT2D eigenvalue weighted by molar-refractivity contribution is -0.148. The number of benzene rings is 1. The van der Waals surface area contributed by atoms with E-state index in [9.17, 15) is 29.8 Å². The first-order valence-corrected chi connectivity index (χ1v) is 19.6. The highest BCUT2D eigenvalue weighted by atomic mass is 16.5. The van der Waals surface area contributed by atoms with Crippen LogP contribution in [-0.2, 0) is 28.7 Å². The molecule has 1 fully saturated rings. The number of amides is 2. The number of rotatable bonds is 23. The smallest absolute Gasteiger partial charge is 0.226 e. The molecule has 0 radical (unpaired) electrons. The third-order valence-electron chi connectivity index (χ3n) is 11.6. The summed E-state index contributed by atoms with van der Waals surface area (Å²) in [5.41, 5.74) is 10.0. The van der Waals surface area contributed by atoms with E-state index in [-0.39, 0.29) is 66.4 Å². The van der Waals surface area contributed by atoms with Crippen LogP contribution in [0.2, 0.25) is 0 Å². The average molecular weight is 757 g/mol. The number of hydrogen-bond acceptors (Lipinski definition) is 9. The molecule has 0 unspecified atom stereocenters. The number of nitrogens with zero attached hydrogens (tertiary/aromatic N) is 6. The summed E-state index contributed by atoms with van der Waals surface area (Å²) in [5.74, 6) is -2.45. The zero-order valence-corrected chi connectivity index (χ0v) is 34.8. The highest BCUT2D eigenvalue weighted by molar-refractivity contribution is 5.90. The molecular formula is C41H68N6O7. The normalized spacial score (nSPS) is 20.2. The topological polar surface area (TPSA) is 165 Å². The van der Waals surface area contributed by atoms with Crippen molar-refractivity contribution in [3.05, 3.63) is 46.3 Å². The number of likely N-dealkylation sites (N-methyl/N-ethyl adjacent to an activating group) is 2. The summed E-state index contributed by atoms with van der Waals surface area (Å²) < 4.78 is 12.0. The predicted octanol–water partition coefficient (Wildman–Crippen LogP) is 6.10. The molecule has 304 valence electrons. The maximum absolute atomic E-state index is 14.4. The molecule has 0 spiro atoms. The van der Waals surface area contributed by atoms with E-state index in [0.717, 1.165) is 12.0 Å². The summed E-state index contributed by atoms with van der Waals surface area (Å²) in [6.45, 7) is 13.8. The minimum Gasteiger partial charge on any atom is -0.388 e. The third kappa shape index (κ3) is 12.1. The summed E-state index contributed by atoms with van der Waals surface area (Å²) in [6.07, 6.45) is 0.171. The van der Waals surface area contributed by atoms with Gasteiger partial charge < -0.3 is 24.4 Å². The summed E-state index contributed by atoms with van der Waals surface area (Å²) in [6, 6.07) is 7.24. The largest absolute Gasteiger partial charge is 0.388 e. The van der Waals surface area contributed by atoms with Crippen LogP contribution < -0.4 is 0 Å². The van der Waals surface area contributed by atoms with Gasteiger partial charge in [-0.15, -0.1) is 0 Å². The fraction of sp³-hybridized carbons (Fsp3) is 0.756. The molecule has 13 heteroatoms. The van der Waals surface area contributed by atoms with Gasteiger partial charge >= 0.3 is 0 Å². The maximum Gasteiger partial charge on any atom is 0.226 e. The van der Waals surface area contributed by atoms with Gasteiger partial charge in [-0.1, -0.05) is 90.3 Å². The van der Waals surface area contributed by atoms with Crippen molar-refractivity contribution in [1.82, 2.24) is 14.7 Å². The first kappa shape index (κ1) is 46.8. The van der Waals surface area contributed by atoms with Crippen molar-refractivity contribution in [1.29, 1.82) is 0 Å². The molecule has 0 aliphatic carbocycles. The van der Waals surface area contributed by atoms with Crippen molar-refractivity contribution >= 4 is 23.4 Å². The zero-order valence-electron chi connectivity index (χ0n) is 34.8. The summed E-state index contributed by atoms with van der Waals surface area (Å²) >= 11 is 0. The van der Waals surface area contributed by atoms with Gasteiger partial charge in [0.05, 0.1) is 48.8 Å². The fourth-order valence-corrected chi connectivity index (χ4v) is 8.42. The third-order valence-corrected chi connectivity index (χ3v) is 11.6.